The van der Waals surface area contributed by atoms with Crippen LogP contribution in [0.4, 0.5) is 4.79 Å². The van der Waals surface area contributed by atoms with Gasteiger partial charge in [0.1, 0.15) is 5.75 Å². The Morgan fingerprint density at radius 3 is 2.64 bits per heavy atom. The van der Waals surface area contributed by atoms with Crippen LogP contribution in [-0.2, 0) is 6.54 Å². The van der Waals surface area contributed by atoms with Crippen molar-refractivity contribution in [1.82, 2.24) is 14.8 Å². The summed E-state index contributed by atoms with van der Waals surface area (Å²) < 4.78 is 7.51. The zero-order chi connectivity index (χ0) is 19.5. The summed E-state index contributed by atoms with van der Waals surface area (Å²) in [6.45, 7) is 3.27. The van der Waals surface area contributed by atoms with Crippen LogP contribution >= 0.6 is 0 Å². The standard InChI is InChI=1S/C23H25N3O2/c1-3-14-24-23(27)26-16-18-7-4-5-8-20(18)25-15-6-9-21(25)22(26)17-10-12-19(28-2)13-11-17/h4-13,15,22H,3,14,16H2,1-2H3,(H,24,27). The number of rotatable bonds is 4. The summed E-state index contributed by atoms with van der Waals surface area (Å²) >= 11 is 0. The second kappa shape index (κ2) is 7.80. The fourth-order valence-electron chi connectivity index (χ4n) is 3.81. The fraction of sp³-hybridized carbons (Fsp3) is 0.261. The summed E-state index contributed by atoms with van der Waals surface area (Å²) in [5, 5.41) is 3.06. The van der Waals surface area contributed by atoms with Gasteiger partial charge in [-0.25, -0.2) is 4.79 Å². The van der Waals surface area contributed by atoms with Gasteiger partial charge in [-0.1, -0.05) is 37.3 Å². The molecule has 0 radical (unpaired) electrons. The molecule has 1 aliphatic heterocycles. The smallest absolute Gasteiger partial charge is 0.318 e. The molecule has 1 aromatic heterocycles. The summed E-state index contributed by atoms with van der Waals surface area (Å²) in [7, 11) is 1.66. The van der Waals surface area contributed by atoms with Gasteiger partial charge >= 0.3 is 6.03 Å². The van der Waals surface area contributed by atoms with Crippen molar-refractivity contribution in [2.24, 2.45) is 0 Å². The minimum atomic E-state index is -0.190. The number of carbonyl (C=O) groups is 1. The fourth-order valence-corrected chi connectivity index (χ4v) is 3.81. The molecule has 0 saturated carbocycles. The zero-order valence-electron chi connectivity index (χ0n) is 16.3. The monoisotopic (exact) mass is 375 g/mol. The molecule has 144 valence electrons. The molecular formula is C23H25N3O2. The molecule has 5 heteroatoms. The quantitative estimate of drug-likeness (QED) is 0.729. The number of methoxy groups -OCH3 is 1. The average molecular weight is 375 g/mol. The number of ether oxygens (including phenoxy) is 1. The first kappa shape index (κ1) is 18.2. The number of nitrogens with zero attached hydrogens (tertiary/aromatic N) is 2. The first-order valence-electron chi connectivity index (χ1n) is 9.67. The van der Waals surface area contributed by atoms with E-state index in [4.69, 9.17) is 4.74 Å². The van der Waals surface area contributed by atoms with Gasteiger partial charge in [-0.15, -0.1) is 0 Å². The van der Waals surface area contributed by atoms with E-state index >= 15 is 0 Å². The van der Waals surface area contributed by atoms with Crippen molar-refractivity contribution in [3.05, 3.63) is 83.7 Å². The van der Waals surface area contributed by atoms with Gasteiger partial charge in [-0.05, 0) is 47.9 Å². The van der Waals surface area contributed by atoms with Crippen LogP contribution in [-0.4, -0.2) is 29.2 Å². The molecule has 5 nitrogen and oxygen atoms in total. The van der Waals surface area contributed by atoms with Crippen molar-refractivity contribution in [2.45, 2.75) is 25.9 Å². The summed E-state index contributed by atoms with van der Waals surface area (Å²) in [5.41, 5.74) is 4.37. The Hall–Kier alpha value is -3.21. The molecule has 0 saturated heterocycles. The van der Waals surface area contributed by atoms with Crippen LogP contribution in [0.5, 0.6) is 5.75 Å². The van der Waals surface area contributed by atoms with Gasteiger partial charge in [-0.2, -0.15) is 0 Å². The van der Waals surface area contributed by atoms with E-state index in [2.05, 4.69) is 41.2 Å². The maximum Gasteiger partial charge on any atom is 0.318 e. The number of hydrogen-bond acceptors (Lipinski definition) is 2. The van der Waals surface area contributed by atoms with Crippen LogP contribution in [0.2, 0.25) is 0 Å². The number of hydrogen-bond donors (Lipinski definition) is 1. The third-order valence-electron chi connectivity index (χ3n) is 5.18. The molecule has 4 rings (SSSR count). The lowest BCUT2D eigenvalue weighted by Gasteiger charge is -2.31. The van der Waals surface area contributed by atoms with E-state index in [9.17, 15) is 4.79 Å². The Bertz CT molecular complexity index is 962. The molecule has 0 aliphatic carbocycles. The second-order valence-corrected chi connectivity index (χ2v) is 6.97. The molecule has 1 unspecified atom stereocenters. The average Bonchev–Trinajstić information content (AvgIpc) is 3.16. The maximum atomic E-state index is 13.1. The molecule has 1 aliphatic rings. The molecule has 2 aromatic carbocycles. The molecule has 2 amide bonds. The number of urea groups is 1. The first-order valence-corrected chi connectivity index (χ1v) is 9.67. The van der Waals surface area contributed by atoms with Crippen LogP contribution in [0.25, 0.3) is 5.69 Å². The van der Waals surface area contributed by atoms with Crippen LogP contribution in [0.1, 0.15) is 36.2 Å². The zero-order valence-corrected chi connectivity index (χ0v) is 16.3. The minimum Gasteiger partial charge on any atom is -0.497 e. The van der Waals surface area contributed by atoms with Gasteiger partial charge in [0.15, 0.2) is 0 Å². The highest BCUT2D eigenvalue weighted by molar-refractivity contribution is 5.76. The Kier molecular flexibility index (Phi) is 5.06. The number of benzene rings is 2. The summed E-state index contributed by atoms with van der Waals surface area (Å²) in [6.07, 6.45) is 2.97. The molecular weight excluding hydrogens is 350 g/mol. The number of aromatic nitrogens is 1. The van der Waals surface area contributed by atoms with E-state index in [1.807, 2.05) is 47.4 Å². The number of para-hydroxylation sites is 1. The van der Waals surface area contributed by atoms with Crippen molar-refractivity contribution in [3.8, 4) is 11.4 Å². The van der Waals surface area contributed by atoms with E-state index in [1.54, 1.807) is 7.11 Å². The summed E-state index contributed by atoms with van der Waals surface area (Å²) in [5.74, 6) is 0.804. The predicted molar refractivity (Wildman–Crippen MR) is 110 cm³/mol. The van der Waals surface area contributed by atoms with Crippen molar-refractivity contribution in [2.75, 3.05) is 13.7 Å². The van der Waals surface area contributed by atoms with Crippen LogP contribution < -0.4 is 10.1 Å². The van der Waals surface area contributed by atoms with E-state index in [0.29, 0.717) is 13.1 Å². The lowest BCUT2D eigenvalue weighted by molar-refractivity contribution is 0.180. The van der Waals surface area contributed by atoms with E-state index in [-0.39, 0.29) is 12.1 Å². The van der Waals surface area contributed by atoms with E-state index in [1.165, 1.54) is 0 Å². The Morgan fingerprint density at radius 2 is 1.89 bits per heavy atom. The predicted octanol–water partition coefficient (Wildman–Crippen LogP) is 4.51. The van der Waals surface area contributed by atoms with Crippen molar-refractivity contribution in [3.63, 3.8) is 0 Å². The van der Waals surface area contributed by atoms with Gasteiger partial charge in [-0.3, -0.25) is 0 Å². The molecule has 2 heterocycles. The molecule has 3 aromatic rings. The molecule has 0 fully saturated rings. The third-order valence-corrected chi connectivity index (χ3v) is 5.18. The van der Waals surface area contributed by atoms with Crippen molar-refractivity contribution in [1.29, 1.82) is 0 Å². The van der Waals surface area contributed by atoms with Crippen LogP contribution in [0, 0.1) is 0 Å². The normalized spacial score (nSPS) is 15.4. The van der Waals surface area contributed by atoms with Gasteiger partial charge in [0.05, 0.1) is 25.4 Å². The number of amides is 2. The summed E-state index contributed by atoms with van der Waals surface area (Å²) in [4.78, 5) is 15.1. The highest BCUT2D eigenvalue weighted by Crippen LogP contribution is 2.36. The number of fused-ring (bicyclic) bond motifs is 3. The lowest BCUT2D eigenvalue weighted by atomic mass is 10.0. The highest BCUT2D eigenvalue weighted by atomic mass is 16.5. The number of carbonyl (C=O) groups excluding carboxylic acids is 1. The van der Waals surface area contributed by atoms with Crippen molar-refractivity contribution < 1.29 is 9.53 Å². The molecule has 1 atom stereocenters. The van der Waals surface area contributed by atoms with Gasteiger partial charge in [0.25, 0.3) is 0 Å². The Morgan fingerprint density at radius 1 is 1.11 bits per heavy atom. The summed E-state index contributed by atoms with van der Waals surface area (Å²) in [6, 6.07) is 20.1. The Labute approximate surface area is 165 Å². The highest BCUT2D eigenvalue weighted by Gasteiger charge is 2.32. The van der Waals surface area contributed by atoms with Gasteiger partial charge in [0, 0.05) is 18.4 Å². The first-order chi connectivity index (χ1) is 13.7. The second-order valence-electron chi connectivity index (χ2n) is 6.97. The third kappa shape index (κ3) is 3.24. The topological polar surface area (TPSA) is 46.5 Å². The van der Waals surface area contributed by atoms with Crippen LogP contribution in [0.3, 0.4) is 0 Å². The van der Waals surface area contributed by atoms with E-state index in [0.717, 1.165) is 34.7 Å². The number of nitrogens with one attached hydrogen (secondary N) is 1. The molecule has 0 spiro atoms. The molecule has 0 bridgehead atoms. The van der Waals surface area contributed by atoms with E-state index < -0.39 is 0 Å². The van der Waals surface area contributed by atoms with Crippen molar-refractivity contribution >= 4 is 6.03 Å². The maximum absolute atomic E-state index is 13.1. The lowest BCUT2D eigenvalue weighted by Crippen LogP contribution is -2.42. The largest absolute Gasteiger partial charge is 0.497 e. The Balaban J connectivity index is 1.85. The van der Waals surface area contributed by atoms with Crippen LogP contribution in [0.15, 0.2) is 66.9 Å². The van der Waals surface area contributed by atoms with Gasteiger partial charge < -0.3 is 19.5 Å². The minimum absolute atomic E-state index is 0.0490. The SMILES string of the molecule is CCCNC(=O)N1Cc2ccccc2-n2cccc2C1c1ccc(OC)cc1. The molecule has 28 heavy (non-hydrogen) atoms. The molecule has 1 N–H and O–H groups in total. The van der Waals surface area contributed by atoms with Gasteiger partial charge in [0.2, 0.25) is 0 Å².